The molecular formula is C14H27N3O3. The van der Waals surface area contributed by atoms with Crippen molar-refractivity contribution in [3.05, 3.63) is 0 Å². The highest BCUT2D eigenvalue weighted by molar-refractivity contribution is 5.90. The first kappa shape index (κ1) is 16.9. The summed E-state index contributed by atoms with van der Waals surface area (Å²) < 4.78 is 5.33. The second kappa shape index (κ2) is 8.21. The summed E-state index contributed by atoms with van der Waals surface area (Å²) in [6.07, 6.45) is 1.70. The lowest BCUT2D eigenvalue weighted by atomic mass is 9.98. The molecule has 0 aromatic carbocycles. The average Bonchev–Trinajstić information content (AvgIpc) is 2.50. The molecule has 1 fully saturated rings. The van der Waals surface area contributed by atoms with Gasteiger partial charge in [-0.1, -0.05) is 27.2 Å². The molecule has 0 aromatic heterocycles. The fourth-order valence-corrected chi connectivity index (χ4v) is 2.14. The van der Waals surface area contributed by atoms with Crippen LogP contribution in [0.3, 0.4) is 0 Å². The molecule has 0 radical (unpaired) electrons. The van der Waals surface area contributed by atoms with Gasteiger partial charge in [0.15, 0.2) is 0 Å². The Hall–Kier alpha value is -1.14. The van der Waals surface area contributed by atoms with Crippen molar-refractivity contribution in [1.29, 1.82) is 0 Å². The van der Waals surface area contributed by atoms with Crippen molar-refractivity contribution < 1.29 is 14.3 Å². The lowest BCUT2D eigenvalue weighted by molar-refractivity contribution is -0.150. The molecule has 6 heteroatoms. The lowest BCUT2D eigenvalue weighted by Gasteiger charge is -2.37. The van der Waals surface area contributed by atoms with E-state index in [9.17, 15) is 9.59 Å². The van der Waals surface area contributed by atoms with Crippen LogP contribution in [-0.4, -0.2) is 55.1 Å². The van der Waals surface area contributed by atoms with Crippen molar-refractivity contribution in [2.75, 3.05) is 26.3 Å². The van der Waals surface area contributed by atoms with Crippen LogP contribution in [0.5, 0.6) is 0 Å². The third-order valence-corrected chi connectivity index (χ3v) is 3.81. The number of hydrogen-bond donors (Lipinski definition) is 2. The van der Waals surface area contributed by atoms with Gasteiger partial charge in [0, 0.05) is 13.1 Å². The fraction of sp³-hybridized carbons (Fsp3) is 0.857. The molecule has 0 saturated carbocycles. The van der Waals surface area contributed by atoms with Crippen molar-refractivity contribution in [3.8, 4) is 0 Å². The van der Waals surface area contributed by atoms with E-state index in [-0.39, 0.29) is 24.3 Å². The highest BCUT2D eigenvalue weighted by atomic mass is 16.5. The zero-order valence-corrected chi connectivity index (χ0v) is 12.7. The summed E-state index contributed by atoms with van der Waals surface area (Å²) in [7, 11) is 0. The lowest BCUT2D eigenvalue weighted by Crippen LogP contribution is -2.60. The van der Waals surface area contributed by atoms with Crippen molar-refractivity contribution in [2.24, 2.45) is 11.7 Å². The van der Waals surface area contributed by atoms with E-state index >= 15 is 0 Å². The summed E-state index contributed by atoms with van der Waals surface area (Å²) in [4.78, 5) is 26.1. The van der Waals surface area contributed by atoms with Gasteiger partial charge in [0.1, 0.15) is 6.04 Å². The van der Waals surface area contributed by atoms with Crippen LogP contribution in [0.15, 0.2) is 0 Å². The third kappa shape index (κ3) is 4.18. The second-order valence-electron chi connectivity index (χ2n) is 5.32. The topological polar surface area (TPSA) is 84.7 Å². The molecule has 20 heavy (non-hydrogen) atoms. The monoisotopic (exact) mass is 285 g/mol. The maximum Gasteiger partial charge on any atom is 0.245 e. The minimum absolute atomic E-state index is 0.102. The summed E-state index contributed by atoms with van der Waals surface area (Å²) in [5, 5.41) is 2.82. The Morgan fingerprint density at radius 1 is 1.45 bits per heavy atom. The highest BCUT2D eigenvalue weighted by Crippen LogP contribution is 2.14. The standard InChI is InChI=1S/C14H27N3O3/c1-4-6-16-13(18)11-9-20-8-7-17(11)14(19)12(15)10(3)5-2/h10-12H,4-9,15H2,1-3H3,(H,16,18)/t10?,11?,12-/m0/s1. The van der Waals surface area contributed by atoms with Crippen LogP contribution in [0, 0.1) is 5.92 Å². The quantitative estimate of drug-likeness (QED) is 0.725. The molecule has 0 aliphatic carbocycles. The SMILES string of the molecule is CCCNC(=O)C1COCCN1C(=O)[C@@H](N)C(C)CC. The first-order chi connectivity index (χ1) is 9.52. The predicted molar refractivity (Wildman–Crippen MR) is 77.1 cm³/mol. The minimum atomic E-state index is -0.557. The molecule has 3 N–H and O–H groups in total. The molecule has 3 atom stereocenters. The van der Waals surface area contributed by atoms with Crippen LogP contribution in [0.2, 0.25) is 0 Å². The smallest absolute Gasteiger partial charge is 0.245 e. The predicted octanol–water partition coefficient (Wildman–Crippen LogP) is 0.113. The number of nitrogens with one attached hydrogen (secondary N) is 1. The molecule has 2 unspecified atom stereocenters. The number of rotatable bonds is 6. The normalized spacial score (nSPS) is 22.2. The number of nitrogens with two attached hydrogens (primary N) is 1. The van der Waals surface area contributed by atoms with Crippen molar-refractivity contribution in [1.82, 2.24) is 10.2 Å². The van der Waals surface area contributed by atoms with Crippen molar-refractivity contribution in [3.63, 3.8) is 0 Å². The van der Waals surface area contributed by atoms with Gasteiger partial charge in [-0.05, 0) is 12.3 Å². The minimum Gasteiger partial charge on any atom is -0.377 e. The van der Waals surface area contributed by atoms with Gasteiger partial charge in [0.05, 0.1) is 19.3 Å². The zero-order valence-electron chi connectivity index (χ0n) is 12.7. The van der Waals surface area contributed by atoms with Crippen molar-refractivity contribution >= 4 is 11.8 Å². The molecule has 0 aromatic rings. The third-order valence-electron chi connectivity index (χ3n) is 3.81. The number of hydrogen-bond acceptors (Lipinski definition) is 4. The number of ether oxygens (including phenoxy) is 1. The van der Waals surface area contributed by atoms with Crippen LogP contribution in [0.25, 0.3) is 0 Å². The summed E-state index contributed by atoms with van der Waals surface area (Å²) in [6.45, 7) is 7.67. The van der Waals surface area contributed by atoms with Gasteiger partial charge in [-0.25, -0.2) is 0 Å². The second-order valence-corrected chi connectivity index (χ2v) is 5.32. The Morgan fingerprint density at radius 2 is 2.15 bits per heavy atom. The van der Waals surface area contributed by atoms with Gasteiger partial charge in [-0.3, -0.25) is 9.59 Å². The Balaban J connectivity index is 2.72. The molecule has 2 amide bonds. The Bertz CT molecular complexity index is 336. The van der Waals surface area contributed by atoms with Crippen molar-refractivity contribution in [2.45, 2.75) is 45.7 Å². The average molecular weight is 285 g/mol. The summed E-state index contributed by atoms with van der Waals surface area (Å²) >= 11 is 0. The molecule has 1 aliphatic rings. The Kier molecular flexibility index (Phi) is 6.95. The molecule has 1 rings (SSSR count). The summed E-state index contributed by atoms with van der Waals surface area (Å²) in [5.41, 5.74) is 6.00. The van der Waals surface area contributed by atoms with E-state index in [0.717, 1.165) is 12.8 Å². The Labute approximate surface area is 121 Å². The maximum atomic E-state index is 12.5. The van der Waals surface area contributed by atoms with Gasteiger partial charge in [0.25, 0.3) is 0 Å². The van der Waals surface area contributed by atoms with Gasteiger partial charge < -0.3 is 20.7 Å². The number of amides is 2. The van der Waals surface area contributed by atoms with Gasteiger partial charge >= 0.3 is 0 Å². The zero-order chi connectivity index (χ0) is 15.1. The van der Waals surface area contributed by atoms with E-state index in [1.165, 1.54) is 0 Å². The maximum absolute atomic E-state index is 12.5. The fourth-order valence-electron chi connectivity index (χ4n) is 2.14. The summed E-state index contributed by atoms with van der Waals surface area (Å²) in [6, 6.07) is -1.11. The van der Waals surface area contributed by atoms with E-state index in [1.807, 2.05) is 20.8 Å². The molecule has 116 valence electrons. The van der Waals surface area contributed by atoms with Crippen LogP contribution in [-0.2, 0) is 14.3 Å². The van der Waals surface area contributed by atoms with Crippen LogP contribution < -0.4 is 11.1 Å². The van der Waals surface area contributed by atoms with Gasteiger partial charge in [-0.15, -0.1) is 0 Å². The van der Waals surface area contributed by atoms with E-state index in [2.05, 4.69) is 5.32 Å². The van der Waals surface area contributed by atoms with Crippen LogP contribution in [0.4, 0.5) is 0 Å². The number of carbonyl (C=O) groups is 2. The Morgan fingerprint density at radius 3 is 2.75 bits per heavy atom. The van der Waals surface area contributed by atoms with E-state index < -0.39 is 12.1 Å². The molecule has 1 saturated heterocycles. The number of morpholine rings is 1. The number of nitrogens with zero attached hydrogens (tertiary/aromatic N) is 1. The van der Waals surface area contributed by atoms with E-state index in [4.69, 9.17) is 10.5 Å². The van der Waals surface area contributed by atoms with Crippen LogP contribution >= 0.6 is 0 Å². The summed E-state index contributed by atoms with van der Waals surface area (Å²) in [5.74, 6) is -0.208. The first-order valence-electron chi connectivity index (χ1n) is 7.44. The molecular weight excluding hydrogens is 258 g/mol. The molecule has 0 spiro atoms. The highest BCUT2D eigenvalue weighted by Gasteiger charge is 2.35. The van der Waals surface area contributed by atoms with Gasteiger partial charge in [0.2, 0.25) is 11.8 Å². The van der Waals surface area contributed by atoms with Crippen LogP contribution in [0.1, 0.15) is 33.6 Å². The molecule has 1 aliphatic heterocycles. The van der Waals surface area contributed by atoms with E-state index in [0.29, 0.717) is 19.7 Å². The first-order valence-corrected chi connectivity index (χ1v) is 7.44. The van der Waals surface area contributed by atoms with E-state index in [1.54, 1.807) is 4.90 Å². The molecule has 1 heterocycles. The van der Waals surface area contributed by atoms with Gasteiger partial charge in [-0.2, -0.15) is 0 Å². The largest absolute Gasteiger partial charge is 0.377 e. The molecule has 6 nitrogen and oxygen atoms in total. The molecule has 0 bridgehead atoms. The number of carbonyl (C=O) groups excluding carboxylic acids is 2.